The van der Waals surface area contributed by atoms with Gasteiger partial charge in [-0.3, -0.25) is 9.59 Å². The van der Waals surface area contributed by atoms with Crippen molar-refractivity contribution in [1.82, 2.24) is 15.0 Å². The predicted octanol–water partition coefficient (Wildman–Crippen LogP) is 3.73. The molecule has 8 heteroatoms. The Morgan fingerprint density at radius 2 is 1.55 bits per heavy atom. The lowest BCUT2D eigenvalue weighted by Gasteiger charge is -2.34. The Balaban J connectivity index is 1.42. The van der Waals surface area contributed by atoms with E-state index < -0.39 is 5.82 Å². The number of carbonyl (C=O) groups excluding carboxylic acids is 2. The summed E-state index contributed by atoms with van der Waals surface area (Å²) >= 11 is 6.16. The van der Waals surface area contributed by atoms with E-state index in [2.05, 4.69) is 5.16 Å². The lowest BCUT2D eigenvalue weighted by Crippen LogP contribution is -2.50. The molecular formula is C21H17ClFN3O3. The molecule has 0 unspecified atom stereocenters. The number of nitrogens with zero attached hydrogens (tertiary/aromatic N) is 3. The van der Waals surface area contributed by atoms with Crippen LogP contribution in [0.15, 0.2) is 59.1 Å². The van der Waals surface area contributed by atoms with Gasteiger partial charge in [0.2, 0.25) is 0 Å². The van der Waals surface area contributed by atoms with Gasteiger partial charge in [0.05, 0.1) is 10.6 Å². The zero-order valence-electron chi connectivity index (χ0n) is 15.3. The summed E-state index contributed by atoms with van der Waals surface area (Å²) in [5.41, 5.74) is 0.864. The fourth-order valence-corrected chi connectivity index (χ4v) is 3.47. The van der Waals surface area contributed by atoms with Gasteiger partial charge < -0.3 is 14.3 Å². The molecule has 3 aromatic rings. The van der Waals surface area contributed by atoms with Crippen LogP contribution in [0, 0.1) is 5.82 Å². The van der Waals surface area contributed by atoms with Crippen molar-refractivity contribution in [2.45, 2.75) is 0 Å². The Labute approximate surface area is 171 Å². The number of aromatic nitrogens is 1. The first-order chi connectivity index (χ1) is 14.0. The molecule has 1 aliphatic rings. The van der Waals surface area contributed by atoms with E-state index in [1.807, 2.05) is 6.07 Å². The van der Waals surface area contributed by atoms with Gasteiger partial charge >= 0.3 is 0 Å². The SMILES string of the molecule is O=C(c1cc(-c2ccccc2Cl)on1)N1CCN(C(=O)c2ccccc2F)CC1. The van der Waals surface area contributed by atoms with E-state index in [0.29, 0.717) is 42.5 Å². The van der Waals surface area contributed by atoms with Gasteiger partial charge in [-0.25, -0.2) is 4.39 Å². The average Bonchev–Trinajstić information content (AvgIpc) is 3.23. The number of halogens is 2. The van der Waals surface area contributed by atoms with E-state index in [0.717, 1.165) is 0 Å². The third-order valence-electron chi connectivity index (χ3n) is 4.83. The van der Waals surface area contributed by atoms with E-state index in [1.165, 1.54) is 18.2 Å². The average molecular weight is 414 g/mol. The number of carbonyl (C=O) groups is 2. The molecule has 0 bridgehead atoms. The normalized spacial score (nSPS) is 14.1. The molecule has 0 radical (unpaired) electrons. The first-order valence-corrected chi connectivity index (χ1v) is 9.47. The molecule has 1 aliphatic heterocycles. The molecule has 2 amide bonds. The summed E-state index contributed by atoms with van der Waals surface area (Å²) in [5.74, 6) is -0.805. The molecule has 6 nitrogen and oxygen atoms in total. The van der Waals surface area contributed by atoms with Gasteiger partial charge in [-0.1, -0.05) is 41.0 Å². The molecule has 0 aliphatic carbocycles. The molecule has 4 rings (SSSR count). The van der Waals surface area contributed by atoms with Crippen LogP contribution >= 0.6 is 11.6 Å². The zero-order valence-corrected chi connectivity index (χ0v) is 16.1. The highest BCUT2D eigenvalue weighted by Crippen LogP contribution is 2.28. The summed E-state index contributed by atoms with van der Waals surface area (Å²) in [6.07, 6.45) is 0. The van der Waals surface area contributed by atoms with E-state index in [4.69, 9.17) is 16.1 Å². The Hall–Kier alpha value is -3.19. The molecular weight excluding hydrogens is 397 g/mol. The molecule has 0 atom stereocenters. The molecule has 29 heavy (non-hydrogen) atoms. The number of benzene rings is 2. The Kier molecular flexibility index (Phi) is 5.31. The van der Waals surface area contributed by atoms with Crippen LogP contribution in [-0.4, -0.2) is 52.9 Å². The third-order valence-corrected chi connectivity index (χ3v) is 5.16. The monoisotopic (exact) mass is 413 g/mol. The molecule has 148 valence electrons. The summed E-state index contributed by atoms with van der Waals surface area (Å²) in [6.45, 7) is 1.28. The molecule has 1 fully saturated rings. The van der Waals surface area contributed by atoms with Crippen LogP contribution in [0.1, 0.15) is 20.8 Å². The number of piperazine rings is 1. The van der Waals surface area contributed by atoms with Crippen molar-refractivity contribution in [3.63, 3.8) is 0 Å². The second-order valence-corrected chi connectivity index (χ2v) is 7.03. The molecule has 2 aromatic carbocycles. The molecule has 0 N–H and O–H groups in total. The van der Waals surface area contributed by atoms with Crippen molar-refractivity contribution >= 4 is 23.4 Å². The van der Waals surface area contributed by atoms with E-state index >= 15 is 0 Å². The van der Waals surface area contributed by atoms with E-state index in [9.17, 15) is 14.0 Å². The number of amides is 2. The largest absolute Gasteiger partial charge is 0.355 e. The van der Waals surface area contributed by atoms with Gasteiger partial charge in [0.15, 0.2) is 11.5 Å². The second-order valence-electron chi connectivity index (χ2n) is 6.62. The van der Waals surface area contributed by atoms with Crippen LogP contribution in [0.4, 0.5) is 4.39 Å². The highest BCUT2D eigenvalue weighted by molar-refractivity contribution is 6.33. The Bertz CT molecular complexity index is 1060. The second kappa shape index (κ2) is 8.05. The lowest BCUT2D eigenvalue weighted by molar-refractivity contribution is 0.0527. The predicted molar refractivity (Wildman–Crippen MR) is 105 cm³/mol. The zero-order chi connectivity index (χ0) is 20.4. The van der Waals surface area contributed by atoms with Crippen LogP contribution in [-0.2, 0) is 0 Å². The van der Waals surface area contributed by atoms with Crippen LogP contribution in [0.3, 0.4) is 0 Å². The molecule has 2 heterocycles. The van der Waals surface area contributed by atoms with Gasteiger partial charge in [-0.2, -0.15) is 0 Å². The van der Waals surface area contributed by atoms with Crippen LogP contribution < -0.4 is 0 Å². The maximum Gasteiger partial charge on any atom is 0.276 e. The minimum absolute atomic E-state index is 0.0353. The van der Waals surface area contributed by atoms with Gasteiger partial charge in [-0.05, 0) is 24.3 Å². The van der Waals surface area contributed by atoms with Crippen molar-refractivity contribution < 1.29 is 18.5 Å². The van der Waals surface area contributed by atoms with Crippen LogP contribution in [0.5, 0.6) is 0 Å². The standard InChI is InChI=1S/C21H17ClFN3O3/c22-16-7-3-1-5-14(16)19-13-18(24-29-19)21(28)26-11-9-25(10-12-26)20(27)15-6-2-4-8-17(15)23/h1-8,13H,9-12H2. The van der Waals surface area contributed by atoms with E-state index in [-0.39, 0.29) is 23.1 Å². The summed E-state index contributed by atoms with van der Waals surface area (Å²) in [4.78, 5) is 28.4. The minimum Gasteiger partial charge on any atom is -0.355 e. The fraction of sp³-hybridized carbons (Fsp3) is 0.190. The van der Waals surface area contributed by atoms with Crippen LogP contribution in [0.2, 0.25) is 5.02 Å². The highest BCUT2D eigenvalue weighted by atomic mass is 35.5. The van der Waals surface area contributed by atoms with Crippen molar-refractivity contribution in [3.8, 4) is 11.3 Å². The van der Waals surface area contributed by atoms with Crippen LogP contribution in [0.25, 0.3) is 11.3 Å². The number of hydrogen-bond acceptors (Lipinski definition) is 4. The van der Waals surface area contributed by atoms with Gasteiger partial charge in [0.25, 0.3) is 11.8 Å². The maximum atomic E-state index is 13.9. The fourth-order valence-electron chi connectivity index (χ4n) is 3.24. The van der Waals surface area contributed by atoms with Gasteiger partial charge in [-0.15, -0.1) is 0 Å². The first-order valence-electron chi connectivity index (χ1n) is 9.09. The maximum absolute atomic E-state index is 13.9. The molecule has 0 spiro atoms. The van der Waals surface area contributed by atoms with Crippen molar-refractivity contribution in [3.05, 3.63) is 76.7 Å². The smallest absolute Gasteiger partial charge is 0.276 e. The molecule has 1 aromatic heterocycles. The third kappa shape index (κ3) is 3.86. The number of rotatable bonds is 3. The van der Waals surface area contributed by atoms with Crippen molar-refractivity contribution in [2.24, 2.45) is 0 Å². The quantitative estimate of drug-likeness (QED) is 0.656. The van der Waals surface area contributed by atoms with Crippen molar-refractivity contribution in [1.29, 1.82) is 0 Å². The van der Waals surface area contributed by atoms with Gasteiger partial charge in [0, 0.05) is 37.8 Å². The number of hydrogen-bond donors (Lipinski definition) is 0. The molecule has 1 saturated heterocycles. The summed E-state index contributed by atoms with van der Waals surface area (Å²) < 4.78 is 19.1. The van der Waals surface area contributed by atoms with E-state index in [1.54, 1.807) is 40.1 Å². The first kappa shape index (κ1) is 19.1. The molecule has 0 saturated carbocycles. The summed E-state index contributed by atoms with van der Waals surface area (Å²) in [7, 11) is 0. The topological polar surface area (TPSA) is 66.7 Å². The minimum atomic E-state index is -0.550. The highest BCUT2D eigenvalue weighted by Gasteiger charge is 2.28. The summed E-state index contributed by atoms with van der Waals surface area (Å²) in [5, 5.41) is 4.37. The Morgan fingerprint density at radius 1 is 0.931 bits per heavy atom. The summed E-state index contributed by atoms with van der Waals surface area (Å²) in [6, 6.07) is 14.6. The lowest BCUT2D eigenvalue weighted by atomic mass is 10.1. The Morgan fingerprint density at radius 3 is 2.24 bits per heavy atom. The van der Waals surface area contributed by atoms with Gasteiger partial charge in [0.1, 0.15) is 5.82 Å². The van der Waals surface area contributed by atoms with Crippen molar-refractivity contribution in [2.75, 3.05) is 26.2 Å².